The van der Waals surface area contributed by atoms with Crippen LogP contribution in [0, 0.1) is 0 Å². The molecule has 0 aliphatic carbocycles. The second-order valence-corrected chi connectivity index (χ2v) is 7.23. The van der Waals surface area contributed by atoms with E-state index in [9.17, 15) is 4.79 Å². The fourth-order valence-corrected chi connectivity index (χ4v) is 3.54. The van der Waals surface area contributed by atoms with Crippen molar-refractivity contribution in [1.29, 1.82) is 0 Å². The number of hydrogen-bond donors (Lipinski definition) is 0. The lowest BCUT2D eigenvalue weighted by molar-refractivity contribution is -0.267. The molecule has 0 spiro atoms. The van der Waals surface area contributed by atoms with Gasteiger partial charge in [-0.05, 0) is 29.5 Å². The molecule has 1 amide bonds. The smallest absolute Gasteiger partial charge is 0.277 e. The Bertz CT molecular complexity index is 846. The van der Waals surface area contributed by atoms with E-state index >= 15 is 0 Å². The normalized spacial score (nSPS) is 18.5. The third kappa shape index (κ3) is 4.91. The topological polar surface area (TPSA) is 38.8 Å². The summed E-state index contributed by atoms with van der Waals surface area (Å²) in [6, 6.07) is 30.0. The molecule has 2 atom stereocenters. The van der Waals surface area contributed by atoms with E-state index in [1.54, 1.807) is 0 Å². The molecule has 1 heterocycles. The van der Waals surface area contributed by atoms with Crippen molar-refractivity contribution in [3.05, 3.63) is 108 Å². The Morgan fingerprint density at radius 2 is 1.21 bits per heavy atom. The average molecular weight is 387 g/mol. The molecule has 4 nitrogen and oxygen atoms in total. The standard InChI is InChI=1S/C25H25NO3/c27-25-24(28-18-21-12-6-2-7-13-21)23(17-16-20-10-4-1-5-11-20)26(25)29-19-22-14-8-3-9-15-22/h1-15,23-24H,16-19H2/t23-,24?/m1/s1. The first-order valence-corrected chi connectivity index (χ1v) is 10.0. The lowest BCUT2D eigenvalue weighted by Gasteiger charge is -2.45. The maximum Gasteiger partial charge on any atom is 0.277 e. The first kappa shape index (κ1) is 19.4. The van der Waals surface area contributed by atoms with Crippen LogP contribution in [0.3, 0.4) is 0 Å². The lowest BCUT2D eigenvalue weighted by atomic mass is 9.94. The quantitative estimate of drug-likeness (QED) is 0.506. The number of β-lactam (4-membered cyclic amide) rings is 1. The summed E-state index contributed by atoms with van der Waals surface area (Å²) in [5, 5.41) is 1.51. The van der Waals surface area contributed by atoms with Gasteiger partial charge < -0.3 is 4.74 Å². The number of carbonyl (C=O) groups excluding carboxylic acids is 1. The van der Waals surface area contributed by atoms with Gasteiger partial charge in [-0.1, -0.05) is 91.0 Å². The van der Waals surface area contributed by atoms with Gasteiger partial charge in [0.25, 0.3) is 5.91 Å². The van der Waals surface area contributed by atoms with Crippen molar-refractivity contribution >= 4 is 5.91 Å². The summed E-state index contributed by atoms with van der Waals surface area (Å²) in [5.41, 5.74) is 3.35. The highest BCUT2D eigenvalue weighted by Gasteiger charge is 2.49. The van der Waals surface area contributed by atoms with Gasteiger partial charge in [0.2, 0.25) is 0 Å². The van der Waals surface area contributed by atoms with E-state index in [-0.39, 0.29) is 11.9 Å². The van der Waals surface area contributed by atoms with Crippen molar-refractivity contribution in [1.82, 2.24) is 5.06 Å². The second kappa shape index (κ2) is 9.50. The van der Waals surface area contributed by atoms with Crippen LogP contribution in [0.5, 0.6) is 0 Å². The predicted molar refractivity (Wildman–Crippen MR) is 112 cm³/mol. The van der Waals surface area contributed by atoms with Crippen LogP contribution in [-0.4, -0.2) is 23.1 Å². The Morgan fingerprint density at radius 3 is 1.79 bits per heavy atom. The van der Waals surface area contributed by atoms with Crippen LogP contribution in [0.15, 0.2) is 91.0 Å². The van der Waals surface area contributed by atoms with Crippen LogP contribution in [0.2, 0.25) is 0 Å². The molecular formula is C25H25NO3. The van der Waals surface area contributed by atoms with Gasteiger partial charge in [-0.3, -0.25) is 9.63 Å². The molecule has 1 fully saturated rings. The van der Waals surface area contributed by atoms with Gasteiger partial charge in [-0.2, -0.15) is 0 Å². The molecule has 0 N–H and O–H groups in total. The van der Waals surface area contributed by atoms with Gasteiger partial charge in [0.1, 0.15) is 6.61 Å². The zero-order valence-electron chi connectivity index (χ0n) is 16.3. The second-order valence-electron chi connectivity index (χ2n) is 7.23. The van der Waals surface area contributed by atoms with E-state index in [1.807, 2.05) is 78.9 Å². The molecule has 3 aromatic rings. The van der Waals surface area contributed by atoms with E-state index in [2.05, 4.69) is 12.1 Å². The Balaban J connectivity index is 1.39. The number of rotatable bonds is 9. The third-order valence-electron chi connectivity index (χ3n) is 5.17. The molecule has 1 unspecified atom stereocenters. The Labute approximate surface area is 171 Å². The molecule has 4 rings (SSSR count). The number of aryl methyl sites for hydroxylation is 1. The number of nitrogens with zero attached hydrogens (tertiary/aromatic N) is 1. The average Bonchev–Trinajstić information content (AvgIpc) is 2.78. The highest BCUT2D eigenvalue weighted by molar-refractivity contribution is 5.87. The number of ether oxygens (including phenoxy) is 1. The van der Waals surface area contributed by atoms with Gasteiger partial charge in [0.05, 0.1) is 12.6 Å². The largest absolute Gasteiger partial charge is 0.361 e. The minimum atomic E-state index is -0.463. The molecule has 148 valence electrons. The summed E-state index contributed by atoms with van der Waals surface area (Å²) in [6.45, 7) is 0.797. The fraction of sp³-hybridized carbons (Fsp3) is 0.240. The summed E-state index contributed by atoms with van der Waals surface area (Å²) in [4.78, 5) is 18.6. The number of hydroxylamine groups is 2. The van der Waals surface area contributed by atoms with Gasteiger partial charge >= 0.3 is 0 Å². The fourth-order valence-electron chi connectivity index (χ4n) is 3.54. The van der Waals surface area contributed by atoms with E-state index in [1.165, 1.54) is 10.6 Å². The number of benzene rings is 3. The van der Waals surface area contributed by atoms with Crippen molar-refractivity contribution < 1.29 is 14.4 Å². The van der Waals surface area contributed by atoms with Crippen LogP contribution >= 0.6 is 0 Å². The molecule has 0 bridgehead atoms. The molecule has 1 aliphatic rings. The monoisotopic (exact) mass is 387 g/mol. The molecule has 29 heavy (non-hydrogen) atoms. The number of hydrogen-bond acceptors (Lipinski definition) is 3. The molecule has 0 aromatic heterocycles. The first-order valence-electron chi connectivity index (χ1n) is 10.0. The number of amides is 1. The SMILES string of the molecule is O=C1C(OCc2ccccc2)[C@@H](CCc2ccccc2)N1OCc1ccccc1. The molecule has 0 saturated carbocycles. The van der Waals surface area contributed by atoms with Crippen molar-refractivity contribution in [3.8, 4) is 0 Å². The highest BCUT2D eigenvalue weighted by Crippen LogP contribution is 2.29. The first-order chi connectivity index (χ1) is 14.3. The van der Waals surface area contributed by atoms with E-state index in [4.69, 9.17) is 9.57 Å². The van der Waals surface area contributed by atoms with Gasteiger partial charge in [0.15, 0.2) is 6.10 Å². The van der Waals surface area contributed by atoms with Crippen LogP contribution < -0.4 is 0 Å². The zero-order chi connectivity index (χ0) is 19.9. The van der Waals surface area contributed by atoms with Crippen LogP contribution in [0.4, 0.5) is 0 Å². The van der Waals surface area contributed by atoms with E-state index in [0.29, 0.717) is 13.2 Å². The van der Waals surface area contributed by atoms with Crippen molar-refractivity contribution in [2.45, 2.75) is 38.2 Å². The van der Waals surface area contributed by atoms with Crippen molar-refractivity contribution in [2.75, 3.05) is 0 Å². The minimum absolute atomic E-state index is 0.0878. The maximum absolute atomic E-state index is 12.7. The molecule has 0 radical (unpaired) electrons. The molecule has 3 aromatic carbocycles. The van der Waals surface area contributed by atoms with Gasteiger partial charge in [0, 0.05) is 0 Å². The van der Waals surface area contributed by atoms with Crippen molar-refractivity contribution in [3.63, 3.8) is 0 Å². The summed E-state index contributed by atoms with van der Waals surface area (Å²) in [7, 11) is 0. The molecule has 1 aliphatic heterocycles. The van der Waals surface area contributed by atoms with Gasteiger partial charge in [-0.15, -0.1) is 0 Å². The van der Waals surface area contributed by atoms with Crippen LogP contribution in [-0.2, 0) is 34.0 Å². The summed E-state index contributed by atoms with van der Waals surface area (Å²) in [6.07, 6.45) is 1.20. The molecule has 4 heteroatoms. The summed E-state index contributed by atoms with van der Waals surface area (Å²) < 4.78 is 5.99. The summed E-state index contributed by atoms with van der Waals surface area (Å²) >= 11 is 0. The molecular weight excluding hydrogens is 362 g/mol. The van der Waals surface area contributed by atoms with Crippen LogP contribution in [0.1, 0.15) is 23.1 Å². The third-order valence-corrected chi connectivity index (χ3v) is 5.17. The van der Waals surface area contributed by atoms with Crippen LogP contribution in [0.25, 0.3) is 0 Å². The Kier molecular flexibility index (Phi) is 6.35. The van der Waals surface area contributed by atoms with Gasteiger partial charge in [-0.25, -0.2) is 5.06 Å². The maximum atomic E-state index is 12.7. The van der Waals surface area contributed by atoms with E-state index < -0.39 is 6.10 Å². The zero-order valence-corrected chi connectivity index (χ0v) is 16.3. The Morgan fingerprint density at radius 1 is 0.690 bits per heavy atom. The predicted octanol–water partition coefficient (Wildman–Crippen LogP) is 4.55. The summed E-state index contributed by atoms with van der Waals surface area (Å²) in [5.74, 6) is -0.102. The Hall–Kier alpha value is -2.95. The highest BCUT2D eigenvalue weighted by atomic mass is 16.7. The number of carbonyl (C=O) groups is 1. The van der Waals surface area contributed by atoms with E-state index in [0.717, 1.165) is 24.0 Å². The lowest BCUT2D eigenvalue weighted by Crippen LogP contribution is -2.65. The van der Waals surface area contributed by atoms with Crippen molar-refractivity contribution in [2.24, 2.45) is 0 Å². The minimum Gasteiger partial charge on any atom is -0.361 e. The molecule has 1 saturated heterocycles.